The first-order valence-electron chi connectivity index (χ1n) is 8.88. The molecule has 140 valence electrons. The molecule has 0 atom stereocenters. The quantitative estimate of drug-likeness (QED) is 0.833. The molecule has 9 heteroatoms. The second kappa shape index (κ2) is 6.70. The summed E-state index contributed by atoms with van der Waals surface area (Å²) in [6.07, 6.45) is 7.24. The average molecular weight is 385 g/mol. The minimum atomic E-state index is -4.11. The van der Waals surface area contributed by atoms with E-state index in [4.69, 9.17) is 5.26 Å². The molecule has 1 aromatic carbocycles. The highest BCUT2D eigenvalue weighted by atomic mass is 32.2. The molecule has 0 unspecified atom stereocenters. The van der Waals surface area contributed by atoms with E-state index in [0.717, 1.165) is 55.3 Å². The van der Waals surface area contributed by atoms with Crippen LogP contribution in [0.5, 0.6) is 0 Å². The molecule has 8 nitrogen and oxygen atoms in total. The molecule has 4 rings (SSSR count). The van der Waals surface area contributed by atoms with Crippen molar-refractivity contribution in [1.82, 2.24) is 14.5 Å². The largest absolute Gasteiger partial charge is 0.333 e. The van der Waals surface area contributed by atoms with Crippen molar-refractivity contribution in [3.63, 3.8) is 0 Å². The molecule has 2 amide bonds. The summed E-state index contributed by atoms with van der Waals surface area (Å²) in [4.78, 5) is 12.4. The Hall–Kier alpha value is -2.86. The summed E-state index contributed by atoms with van der Waals surface area (Å²) in [5.41, 5.74) is 5.54. The van der Waals surface area contributed by atoms with Crippen molar-refractivity contribution in [2.45, 2.75) is 50.1 Å². The second-order valence-corrected chi connectivity index (χ2v) is 8.43. The van der Waals surface area contributed by atoms with E-state index in [0.29, 0.717) is 0 Å². The van der Waals surface area contributed by atoms with E-state index < -0.39 is 16.1 Å². The first kappa shape index (κ1) is 17.5. The van der Waals surface area contributed by atoms with E-state index >= 15 is 0 Å². The molecule has 1 aromatic heterocycles. The van der Waals surface area contributed by atoms with Crippen LogP contribution in [0.15, 0.2) is 23.4 Å². The summed E-state index contributed by atoms with van der Waals surface area (Å²) < 4.78 is 28.0. The molecule has 2 N–H and O–H groups in total. The monoisotopic (exact) mass is 385 g/mol. The lowest BCUT2D eigenvalue weighted by atomic mass is 9.99. The van der Waals surface area contributed by atoms with Crippen LogP contribution in [0.4, 0.5) is 10.5 Å². The van der Waals surface area contributed by atoms with Gasteiger partial charge in [0.05, 0.1) is 6.07 Å². The number of benzene rings is 1. The number of carbonyl (C=O) groups is 1. The standard InChI is InChI=1S/C18H19N5O3S/c19-8-10-23-9-7-16(21-23)27(25,26)22-18(24)20-17-14-5-1-3-12(14)11-13-4-2-6-15(13)17/h7,9,11H,1-6,10H2,(H2,20,22,24). The molecule has 1 heterocycles. The first-order valence-corrected chi connectivity index (χ1v) is 10.4. The first-order chi connectivity index (χ1) is 13.0. The maximum absolute atomic E-state index is 12.4. The summed E-state index contributed by atoms with van der Waals surface area (Å²) in [6.45, 7) is -0.0655. The summed E-state index contributed by atoms with van der Waals surface area (Å²) in [5, 5.41) is 15.0. The van der Waals surface area contributed by atoms with Crippen LogP contribution in [-0.2, 0) is 42.3 Å². The van der Waals surface area contributed by atoms with E-state index in [-0.39, 0.29) is 11.6 Å². The van der Waals surface area contributed by atoms with E-state index in [1.165, 1.54) is 28.1 Å². The van der Waals surface area contributed by atoms with Gasteiger partial charge in [-0.2, -0.15) is 18.8 Å². The van der Waals surface area contributed by atoms with E-state index in [9.17, 15) is 13.2 Å². The number of hydrogen-bond acceptors (Lipinski definition) is 5. The number of hydrogen-bond donors (Lipinski definition) is 2. The zero-order valence-corrected chi connectivity index (χ0v) is 15.5. The van der Waals surface area contributed by atoms with Crippen LogP contribution >= 0.6 is 0 Å². The fraction of sp³-hybridized carbons (Fsp3) is 0.389. The van der Waals surface area contributed by atoms with Crippen molar-refractivity contribution in [3.8, 4) is 6.07 Å². The van der Waals surface area contributed by atoms with Crippen molar-refractivity contribution in [2.75, 3.05) is 5.32 Å². The molecular formula is C18H19N5O3S. The Morgan fingerprint density at radius 3 is 2.48 bits per heavy atom. The maximum atomic E-state index is 12.4. The van der Waals surface area contributed by atoms with E-state index in [2.05, 4.69) is 16.5 Å². The topological polar surface area (TPSA) is 117 Å². The molecule has 2 aliphatic carbocycles. The van der Waals surface area contributed by atoms with Gasteiger partial charge in [-0.25, -0.2) is 9.52 Å². The number of aromatic nitrogens is 2. The Labute approximate surface area is 157 Å². The number of nitrogens with one attached hydrogen (secondary N) is 2. The number of rotatable bonds is 4. The second-order valence-electron chi connectivity index (χ2n) is 6.80. The molecule has 0 saturated carbocycles. The van der Waals surface area contributed by atoms with E-state index in [1.54, 1.807) is 0 Å². The van der Waals surface area contributed by atoms with Gasteiger partial charge in [-0.1, -0.05) is 6.07 Å². The molecule has 0 aliphatic heterocycles. The van der Waals surface area contributed by atoms with Gasteiger partial charge in [0.1, 0.15) is 6.54 Å². The van der Waals surface area contributed by atoms with Crippen LogP contribution in [0.25, 0.3) is 0 Å². The lowest BCUT2D eigenvalue weighted by Crippen LogP contribution is -2.35. The number of aryl methyl sites for hydroxylation is 2. The van der Waals surface area contributed by atoms with Gasteiger partial charge in [-0.3, -0.25) is 4.68 Å². The van der Waals surface area contributed by atoms with Crippen LogP contribution in [0.3, 0.4) is 0 Å². The molecule has 0 saturated heterocycles. The van der Waals surface area contributed by atoms with Gasteiger partial charge in [0, 0.05) is 11.9 Å². The Morgan fingerprint density at radius 2 is 1.85 bits per heavy atom. The lowest BCUT2D eigenvalue weighted by Gasteiger charge is -2.16. The molecule has 0 spiro atoms. The number of nitrogens with zero attached hydrogens (tertiary/aromatic N) is 3. The Bertz CT molecular complexity index is 1030. The SMILES string of the molecule is N#CCn1ccc(S(=O)(=O)NC(=O)Nc2c3c(cc4c2CCC4)CCC3)n1. The van der Waals surface area contributed by atoms with Crippen LogP contribution in [0.1, 0.15) is 35.1 Å². The van der Waals surface area contributed by atoms with Crippen LogP contribution in [0.2, 0.25) is 0 Å². The minimum absolute atomic E-state index is 0.0655. The molecule has 0 bridgehead atoms. The summed E-state index contributed by atoms with van der Waals surface area (Å²) in [5.74, 6) is 0. The van der Waals surface area contributed by atoms with Gasteiger partial charge in [0.15, 0.2) is 5.03 Å². The molecular weight excluding hydrogens is 366 g/mol. The highest BCUT2D eigenvalue weighted by Gasteiger charge is 2.27. The van der Waals surface area contributed by atoms with Crippen LogP contribution in [-0.4, -0.2) is 24.2 Å². The number of amides is 2. The molecule has 0 fully saturated rings. The third kappa shape index (κ3) is 3.28. The Kier molecular flexibility index (Phi) is 4.36. The summed E-state index contributed by atoms with van der Waals surface area (Å²) >= 11 is 0. The van der Waals surface area contributed by atoms with Gasteiger partial charge < -0.3 is 5.32 Å². The number of anilines is 1. The average Bonchev–Trinajstić information content (AvgIpc) is 3.34. The minimum Gasteiger partial charge on any atom is -0.307 e. The summed E-state index contributed by atoms with van der Waals surface area (Å²) in [7, 11) is -4.11. The van der Waals surface area contributed by atoms with Gasteiger partial charge in [0.25, 0.3) is 10.0 Å². The Balaban J connectivity index is 1.56. The molecule has 2 aromatic rings. The lowest BCUT2D eigenvalue weighted by molar-refractivity contribution is 0.256. The smallest absolute Gasteiger partial charge is 0.307 e. The summed E-state index contributed by atoms with van der Waals surface area (Å²) in [6, 6.07) is 4.58. The van der Waals surface area contributed by atoms with Crippen molar-refractivity contribution in [3.05, 3.63) is 40.6 Å². The fourth-order valence-corrected chi connectivity index (χ4v) is 4.78. The van der Waals surface area contributed by atoms with Crippen molar-refractivity contribution in [2.24, 2.45) is 0 Å². The molecule has 27 heavy (non-hydrogen) atoms. The number of sulfonamides is 1. The van der Waals surface area contributed by atoms with Crippen molar-refractivity contribution in [1.29, 1.82) is 5.26 Å². The maximum Gasteiger partial charge on any atom is 0.333 e. The van der Waals surface area contributed by atoms with Gasteiger partial charge in [-0.15, -0.1) is 0 Å². The number of urea groups is 1. The highest BCUT2D eigenvalue weighted by molar-refractivity contribution is 7.90. The van der Waals surface area contributed by atoms with Crippen LogP contribution in [0, 0.1) is 11.3 Å². The normalized spacial score (nSPS) is 15.1. The van der Waals surface area contributed by atoms with Gasteiger partial charge >= 0.3 is 6.03 Å². The number of nitriles is 1. The molecule has 2 aliphatic rings. The number of fused-ring (bicyclic) bond motifs is 2. The predicted molar refractivity (Wildman–Crippen MR) is 97.7 cm³/mol. The Morgan fingerprint density at radius 1 is 1.19 bits per heavy atom. The zero-order valence-electron chi connectivity index (χ0n) is 14.7. The van der Waals surface area contributed by atoms with E-state index in [1.807, 2.05) is 10.8 Å². The van der Waals surface area contributed by atoms with Gasteiger partial charge in [0.2, 0.25) is 0 Å². The van der Waals surface area contributed by atoms with Gasteiger partial charge in [-0.05, 0) is 66.8 Å². The third-order valence-electron chi connectivity index (χ3n) is 5.06. The van der Waals surface area contributed by atoms with Crippen molar-refractivity contribution < 1.29 is 13.2 Å². The molecule has 0 radical (unpaired) electrons. The fourth-order valence-electron chi connectivity index (χ4n) is 3.93. The zero-order chi connectivity index (χ0) is 19.0. The third-order valence-corrected chi connectivity index (χ3v) is 6.29. The number of carbonyl (C=O) groups excluding carboxylic acids is 1. The predicted octanol–water partition coefficient (Wildman–Crippen LogP) is 1.89. The van der Waals surface area contributed by atoms with Crippen molar-refractivity contribution >= 4 is 21.7 Å². The highest BCUT2D eigenvalue weighted by Crippen LogP contribution is 2.38. The van der Waals surface area contributed by atoms with Crippen LogP contribution < -0.4 is 10.0 Å².